The lowest BCUT2D eigenvalue weighted by molar-refractivity contribution is -0.191. The minimum absolute atomic E-state index is 0.0573. The molecule has 3 heterocycles. The molecule has 2 aliphatic rings. The van der Waals surface area contributed by atoms with E-state index in [1.165, 1.54) is 0 Å². The number of hydrogen-bond donors (Lipinski definition) is 3. The van der Waals surface area contributed by atoms with Gasteiger partial charge in [-0.2, -0.15) is 5.10 Å². The van der Waals surface area contributed by atoms with Crippen molar-refractivity contribution < 1.29 is 19.5 Å². The Balaban J connectivity index is 1.33. The molecule has 11 nitrogen and oxygen atoms in total. The Morgan fingerprint density at radius 2 is 1.60 bits per heavy atom. The molecule has 3 N–H and O–H groups in total. The van der Waals surface area contributed by atoms with E-state index in [1.54, 1.807) is 50.2 Å². The highest BCUT2D eigenvalue weighted by Gasteiger charge is 2.52. The Bertz CT molecular complexity index is 1980. The Kier molecular flexibility index (Phi) is 9.30. The first-order valence-electron chi connectivity index (χ1n) is 16.7. The summed E-state index contributed by atoms with van der Waals surface area (Å²) >= 11 is 0. The van der Waals surface area contributed by atoms with Crippen molar-refractivity contribution in [3.05, 3.63) is 144 Å². The number of nitrogens with one attached hydrogen (secondary N) is 2. The van der Waals surface area contributed by atoms with Crippen LogP contribution in [0, 0.1) is 0 Å². The van der Waals surface area contributed by atoms with Gasteiger partial charge in [-0.15, -0.1) is 6.58 Å². The van der Waals surface area contributed by atoms with Crippen molar-refractivity contribution in [3.63, 3.8) is 0 Å². The van der Waals surface area contributed by atoms with E-state index in [0.29, 0.717) is 12.1 Å². The zero-order chi connectivity index (χ0) is 34.6. The largest absolute Gasteiger partial charge is 0.508 e. The second-order valence-corrected chi connectivity index (χ2v) is 12.6. The average molecular weight is 670 g/mol. The number of hydrogen-bond acceptors (Lipinski definition) is 6. The van der Waals surface area contributed by atoms with Gasteiger partial charge in [0.1, 0.15) is 18.0 Å². The van der Waals surface area contributed by atoms with Crippen LogP contribution in [0.15, 0.2) is 122 Å². The number of hydrazine groups is 1. The van der Waals surface area contributed by atoms with E-state index < -0.39 is 18.2 Å². The Labute approximate surface area is 290 Å². The molecule has 0 radical (unpaired) electrons. The van der Waals surface area contributed by atoms with Crippen LogP contribution in [0.25, 0.3) is 10.9 Å². The number of fused-ring (bicyclic) bond motifs is 2. The molecule has 4 amide bonds. The fraction of sp³-hybridized carbons (Fsp3) is 0.231. The Hall–Kier alpha value is -5.94. The van der Waals surface area contributed by atoms with Crippen molar-refractivity contribution in [1.82, 2.24) is 35.3 Å². The van der Waals surface area contributed by atoms with Crippen LogP contribution >= 0.6 is 0 Å². The number of aromatic nitrogens is 2. The van der Waals surface area contributed by atoms with Crippen molar-refractivity contribution in [2.45, 2.75) is 37.6 Å². The molecule has 2 aliphatic heterocycles. The van der Waals surface area contributed by atoms with Gasteiger partial charge < -0.3 is 20.2 Å². The van der Waals surface area contributed by atoms with E-state index in [1.807, 2.05) is 84.9 Å². The van der Waals surface area contributed by atoms with E-state index >= 15 is 0 Å². The van der Waals surface area contributed by atoms with Crippen LogP contribution in [-0.4, -0.2) is 84.8 Å². The first-order chi connectivity index (χ1) is 24.4. The van der Waals surface area contributed by atoms with Crippen molar-refractivity contribution in [1.29, 1.82) is 0 Å². The van der Waals surface area contributed by atoms with Crippen LogP contribution in [-0.2, 0) is 29.0 Å². The third-order valence-corrected chi connectivity index (χ3v) is 9.44. The number of H-pyrrole nitrogens is 1. The number of nitrogens with zero attached hydrogens (tertiary/aromatic N) is 5. The van der Waals surface area contributed by atoms with E-state index in [2.05, 4.69) is 17.0 Å². The highest BCUT2D eigenvalue weighted by Crippen LogP contribution is 2.36. The van der Waals surface area contributed by atoms with Gasteiger partial charge in [-0.25, -0.2) is 14.8 Å². The average Bonchev–Trinajstić information content (AvgIpc) is 3.57. The lowest BCUT2D eigenvalue weighted by Gasteiger charge is -2.56. The van der Waals surface area contributed by atoms with E-state index in [0.717, 1.165) is 27.6 Å². The highest BCUT2D eigenvalue weighted by molar-refractivity contribution is 5.92. The molecular formula is C39H39N7O4. The molecule has 2 fully saturated rings. The normalized spacial score (nSPS) is 18.6. The minimum atomic E-state index is -0.926. The second kappa shape index (κ2) is 14.3. The van der Waals surface area contributed by atoms with Gasteiger partial charge in [0.25, 0.3) is 0 Å². The number of phenolic OH excluding ortho intramolecular Hbond substituents is 1. The number of aromatic hydroxyl groups is 1. The summed E-state index contributed by atoms with van der Waals surface area (Å²) in [7, 11) is 0. The van der Waals surface area contributed by atoms with Crippen molar-refractivity contribution >= 4 is 28.7 Å². The molecule has 3 unspecified atom stereocenters. The zero-order valence-corrected chi connectivity index (χ0v) is 27.6. The maximum absolute atomic E-state index is 15.0. The number of piperazine rings is 1. The first-order valence-corrected chi connectivity index (χ1v) is 16.7. The maximum atomic E-state index is 15.0. The van der Waals surface area contributed by atoms with Gasteiger partial charge in [-0.3, -0.25) is 14.7 Å². The lowest BCUT2D eigenvalue weighted by atomic mass is 9.93. The van der Waals surface area contributed by atoms with Gasteiger partial charge in [0.05, 0.1) is 30.3 Å². The standard InChI is InChI=1S/C39H39N7O4/c1-2-21-43-26-36(48)45-34(23-28-17-19-30(47)20-18-28)38(49)44(25-35(45)46(43)39(50)40-24-29-13-7-4-8-14-29)33(22-27-11-5-3-6-12-27)37-31-15-9-10-16-32(31)41-42-37/h2-20,33-35,47H,1,21-26H2,(H,40,50)(H,41,42). The van der Waals surface area contributed by atoms with Gasteiger partial charge >= 0.3 is 6.03 Å². The molecule has 50 heavy (non-hydrogen) atoms. The third kappa shape index (κ3) is 6.55. The number of carbonyl (C=O) groups excluding carboxylic acids is 3. The molecule has 2 saturated heterocycles. The number of amides is 4. The summed E-state index contributed by atoms with van der Waals surface area (Å²) in [5.74, 6) is -0.394. The number of rotatable bonds is 10. The molecule has 254 valence electrons. The number of urea groups is 1. The molecule has 11 heteroatoms. The fourth-order valence-corrected chi connectivity index (χ4v) is 7.08. The minimum Gasteiger partial charge on any atom is -0.508 e. The Morgan fingerprint density at radius 1 is 0.920 bits per heavy atom. The summed E-state index contributed by atoms with van der Waals surface area (Å²) in [6.45, 7) is 4.39. The van der Waals surface area contributed by atoms with Crippen LogP contribution in [0.4, 0.5) is 4.79 Å². The van der Waals surface area contributed by atoms with E-state index in [-0.39, 0.29) is 56.2 Å². The van der Waals surface area contributed by atoms with Crippen LogP contribution < -0.4 is 5.32 Å². The first kappa shape index (κ1) is 32.6. The maximum Gasteiger partial charge on any atom is 0.334 e. The summed E-state index contributed by atoms with van der Waals surface area (Å²) in [5.41, 5.74) is 4.27. The summed E-state index contributed by atoms with van der Waals surface area (Å²) in [6, 6.07) is 32.2. The lowest BCUT2D eigenvalue weighted by Crippen LogP contribution is -2.77. The van der Waals surface area contributed by atoms with Gasteiger partial charge in [-0.1, -0.05) is 97.1 Å². The number of carbonyl (C=O) groups is 3. The summed E-state index contributed by atoms with van der Waals surface area (Å²) in [5, 5.41) is 25.1. The molecule has 7 rings (SSSR count). The van der Waals surface area contributed by atoms with Gasteiger partial charge in [0.15, 0.2) is 0 Å². The van der Waals surface area contributed by atoms with Gasteiger partial charge in [0, 0.05) is 24.9 Å². The Morgan fingerprint density at radius 3 is 2.32 bits per heavy atom. The summed E-state index contributed by atoms with van der Waals surface area (Å²) < 4.78 is 0. The molecule has 3 atom stereocenters. The van der Waals surface area contributed by atoms with Crippen molar-refractivity contribution in [2.75, 3.05) is 19.6 Å². The van der Waals surface area contributed by atoms with Crippen molar-refractivity contribution in [3.8, 4) is 5.75 Å². The van der Waals surface area contributed by atoms with Crippen LogP contribution in [0.3, 0.4) is 0 Å². The smallest absolute Gasteiger partial charge is 0.334 e. The monoisotopic (exact) mass is 669 g/mol. The predicted molar refractivity (Wildman–Crippen MR) is 189 cm³/mol. The topological polar surface area (TPSA) is 125 Å². The van der Waals surface area contributed by atoms with Crippen LogP contribution in [0.1, 0.15) is 28.4 Å². The van der Waals surface area contributed by atoms with Gasteiger partial charge in [-0.05, 0) is 41.3 Å². The molecule has 0 spiro atoms. The van der Waals surface area contributed by atoms with Crippen molar-refractivity contribution in [2.24, 2.45) is 0 Å². The number of aromatic amines is 1. The fourth-order valence-electron chi connectivity index (χ4n) is 7.08. The quantitative estimate of drug-likeness (QED) is 0.184. The number of benzene rings is 4. The zero-order valence-electron chi connectivity index (χ0n) is 27.6. The molecule has 0 bridgehead atoms. The van der Waals surface area contributed by atoms with E-state index in [9.17, 15) is 19.5 Å². The highest BCUT2D eigenvalue weighted by atomic mass is 16.3. The van der Waals surface area contributed by atoms with Gasteiger partial charge in [0.2, 0.25) is 11.8 Å². The van der Waals surface area contributed by atoms with E-state index in [4.69, 9.17) is 5.10 Å². The SMILES string of the molecule is C=CCN1CC(=O)N2C(Cc3ccc(O)cc3)C(=O)N(C(Cc3ccccc3)c3n[nH]c4ccccc34)CC2N1C(=O)NCc1ccccc1. The molecule has 1 aromatic heterocycles. The molecular weight excluding hydrogens is 630 g/mol. The summed E-state index contributed by atoms with van der Waals surface area (Å²) in [6.07, 6.45) is 1.49. The molecule has 4 aromatic carbocycles. The van der Waals surface area contributed by atoms with Crippen LogP contribution in [0.5, 0.6) is 5.75 Å². The molecule has 0 saturated carbocycles. The summed E-state index contributed by atoms with van der Waals surface area (Å²) in [4.78, 5) is 46.6. The number of phenols is 1. The molecule has 0 aliphatic carbocycles. The second-order valence-electron chi connectivity index (χ2n) is 12.6. The number of para-hydroxylation sites is 1. The predicted octanol–water partition coefficient (Wildman–Crippen LogP) is 4.79. The molecule has 5 aromatic rings. The van der Waals surface area contributed by atoms with Crippen LogP contribution in [0.2, 0.25) is 0 Å². The third-order valence-electron chi connectivity index (χ3n) is 9.44.